The fraction of sp³-hybridized carbons (Fsp3) is 0.286. The normalized spacial score (nSPS) is 11.6. The maximum absolute atomic E-state index is 11.7. The van der Waals surface area contributed by atoms with E-state index in [0.29, 0.717) is 6.29 Å². The van der Waals surface area contributed by atoms with Gasteiger partial charge in [-0.1, -0.05) is 0 Å². The first-order valence-electron chi connectivity index (χ1n) is 3.12. The molecular formula is C7H5F3O2. The molecular weight excluding hydrogens is 173 g/mol. The van der Waals surface area contributed by atoms with Gasteiger partial charge in [0, 0.05) is 0 Å². The Hall–Kier alpha value is -1.26. The van der Waals surface area contributed by atoms with Gasteiger partial charge in [-0.3, -0.25) is 4.79 Å². The van der Waals surface area contributed by atoms with Crippen LogP contribution in [0.1, 0.15) is 16.3 Å². The average Bonchev–Trinajstić information content (AvgIpc) is 2.32. The Bertz CT molecular complexity index is 274. The lowest BCUT2D eigenvalue weighted by Crippen LogP contribution is -2.10. The molecule has 0 fully saturated rings. The zero-order chi connectivity index (χ0) is 9.19. The molecule has 0 aliphatic carbocycles. The summed E-state index contributed by atoms with van der Waals surface area (Å²) in [5.74, 6) is -0.334. The van der Waals surface area contributed by atoms with Crippen LogP contribution in [0.3, 0.4) is 0 Å². The molecule has 0 aliphatic heterocycles. The van der Waals surface area contributed by atoms with Crippen LogP contribution in [0.25, 0.3) is 0 Å². The van der Waals surface area contributed by atoms with E-state index in [1.54, 1.807) is 0 Å². The first-order valence-corrected chi connectivity index (χ1v) is 3.12. The molecule has 2 nitrogen and oxygen atoms in total. The van der Waals surface area contributed by atoms with Crippen molar-refractivity contribution in [1.29, 1.82) is 0 Å². The molecule has 0 unspecified atom stereocenters. The predicted octanol–water partition coefficient (Wildman–Crippen LogP) is 2.20. The molecule has 0 atom stereocenters. The van der Waals surface area contributed by atoms with Gasteiger partial charge in [0.1, 0.15) is 12.2 Å². The van der Waals surface area contributed by atoms with E-state index in [0.717, 1.165) is 6.07 Å². The first kappa shape index (κ1) is 8.83. The van der Waals surface area contributed by atoms with Crippen LogP contribution in [0, 0.1) is 0 Å². The summed E-state index contributed by atoms with van der Waals surface area (Å²) < 4.78 is 39.6. The number of carbonyl (C=O) groups is 1. The van der Waals surface area contributed by atoms with Crippen LogP contribution < -0.4 is 0 Å². The highest BCUT2D eigenvalue weighted by atomic mass is 19.4. The molecule has 0 saturated heterocycles. The molecule has 0 saturated carbocycles. The largest absolute Gasteiger partial charge is 0.458 e. The summed E-state index contributed by atoms with van der Waals surface area (Å²) in [4.78, 5) is 10.0. The number of rotatable bonds is 2. The second-order valence-corrected chi connectivity index (χ2v) is 2.21. The second-order valence-electron chi connectivity index (χ2n) is 2.21. The SMILES string of the molecule is O=Cc1ccc(CC(F)(F)F)o1. The molecule has 1 rings (SSSR count). The van der Waals surface area contributed by atoms with E-state index in [1.807, 2.05) is 0 Å². The average molecular weight is 178 g/mol. The van der Waals surface area contributed by atoms with Crippen LogP contribution in [-0.2, 0) is 6.42 Å². The van der Waals surface area contributed by atoms with Crippen LogP contribution in [0.4, 0.5) is 13.2 Å². The lowest BCUT2D eigenvalue weighted by atomic mass is 10.3. The highest BCUT2D eigenvalue weighted by Gasteiger charge is 2.29. The molecule has 66 valence electrons. The van der Waals surface area contributed by atoms with Crippen molar-refractivity contribution in [3.8, 4) is 0 Å². The number of hydrogen-bond acceptors (Lipinski definition) is 2. The molecule has 1 aromatic heterocycles. The van der Waals surface area contributed by atoms with Gasteiger partial charge in [-0.25, -0.2) is 0 Å². The zero-order valence-corrected chi connectivity index (χ0v) is 5.89. The number of halogens is 3. The molecule has 0 aliphatic rings. The Kier molecular flexibility index (Phi) is 2.21. The Morgan fingerprint density at radius 3 is 2.50 bits per heavy atom. The minimum atomic E-state index is -4.29. The summed E-state index contributed by atoms with van der Waals surface area (Å²) >= 11 is 0. The van der Waals surface area contributed by atoms with Crippen molar-refractivity contribution in [3.05, 3.63) is 23.7 Å². The third kappa shape index (κ3) is 2.41. The van der Waals surface area contributed by atoms with Gasteiger partial charge in [0.05, 0.1) is 0 Å². The van der Waals surface area contributed by atoms with Crippen molar-refractivity contribution < 1.29 is 22.4 Å². The van der Waals surface area contributed by atoms with Gasteiger partial charge in [-0.15, -0.1) is 0 Å². The smallest absolute Gasteiger partial charge is 0.396 e. The Morgan fingerprint density at radius 1 is 1.42 bits per heavy atom. The van der Waals surface area contributed by atoms with E-state index in [1.165, 1.54) is 6.07 Å². The van der Waals surface area contributed by atoms with E-state index < -0.39 is 12.6 Å². The highest BCUT2D eigenvalue weighted by Crippen LogP contribution is 2.21. The van der Waals surface area contributed by atoms with Crippen LogP contribution in [0.15, 0.2) is 16.5 Å². The van der Waals surface area contributed by atoms with Crippen molar-refractivity contribution in [2.75, 3.05) is 0 Å². The van der Waals surface area contributed by atoms with Gasteiger partial charge in [-0.2, -0.15) is 13.2 Å². The monoisotopic (exact) mass is 178 g/mol. The zero-order valence-electron chi connectivity index (χ0n) is 5.89. The molecule has 0 bridgehead atoms. The van der Waals surface area contributed by atoms with Crippen molar-refractivity contribution in [1.82, 2.24) is 0 Å². The number of furan rings is 1. The fourth-order valence-corrected chi connectivity index (χ4v) is 0.750. The molecule has 0 spiro atoms. The number of alkyl halides is 3. The molecule has 0 amide bonds. The molecule has 1 aromatic rings. The molecule has 1 heterocycles. The van der Waals surface area contributed by atoms with Crippen LogP contribution in [-0.4, -0.2) is 12.5 Å². The van der Waals surface area contributed by atoms with E-state index in [4.69, 9.17) is 0 Å². The Labute approximate surface area is 66.0 Å². The van der Waals surface area contributed by atoms with Gasteiger partial charge < -0.3 is 4.42 Å². The van der Waals surface area contributed by atoms with E-state index in [9.17, 15) is 18.0 Å². The van der Waals surface area contributed by atoms with E-state index in [-0.39, 0.29) is 11.5 Å². The van der Waals surface area contributed by atoms with Crippen molar-refractivity contribution in [3.63, 3.8) is 0 Å². The minimum absolute atomic E-state index is 0.0887. The summed E-state index contributed by atoms with van der Waals surface area (Å²) in [6.45, 7) is 0. The van der Waals surface area contributed by atoms with Crippen molar-refractivity contribution >= 4 is 6.29 Å². The van der Waals surface area contributed by atoms with Gasteiger partial charge in [0.15, 0.2) is 12.0 Å². The third-order valence-electron chi connectivity index (χ3n) is 1.17. The van der Waals surface area contributed by atoms with Crippen molar-refractivity contribution in [2.45, 2.75) is 12.6 Å². The number of hydrogen-bond donors (Lipinski definition) is 0. The molecule has 12 heavy (non-hydrogen) atoms. The van der Waals surface area contributed by atoms with Gasteiger partial charge in [0.2, 0.25) is 0 Å². The van der Waals surface area contributed by atoms with Gasteiger partial charge >= 0.3 is 6.18 Å². The van der Waals surface area contributed by atoms with E-state index in [2.05, 4.69) is 4.42 Å². The summed E-state index contributed by atoms with van der Waals surface area (Å²) in [6, 6.07) is 2.34. The molecule has 5 heteroatoms. The van der Waals surface area contributed by atoms with Crippen LogP contribution in [0.2, 0.25) is 0 Å². The first-order chi connectivity index (χ1) is 5.51. The molecule has 0 radical (unpaired) electrons. The Morgan fingerprint density at radius 2 is 2.08 bits per heavy atom. The Balaban J connectivity index is 2.70. The topological polar surface area (TPSA) is 30.2 Å². The second kappa shape index (κ2) is 3.00. The summed E-state index contributed by atoms with van der Waals surface area (Å²) in [5.41, 5.74) is 0. The van der Waals surface area contributed by atoms with Crippen LogP contribution in [0.5, 0.6) is 0 Å². The fourth-order valence-electron chi connectivity index (χ4n) is 0.750. The van der Waals surface area contributed by atoms with Gasteiger partial charge in [-0.05, 0) is 12.1 Å². The standard InChI is InChI=1S/C7H5F3O2/c8-7(9,10)3-5-1-2-6(4-11)12-5/h1-2,4H,3H2. The molecule has 0 N–H and O–H groups in total. The third-order valence-corrected chi connectivity index (χ3v) is 1.17. The van der Waals surface area contributed by atoms with E-state index >= 15 is 0 Å². The number of carbonyl (C=O) groups excluding carboxylic acids is 1. The lowest BCUT2D eigenvalue weighted by Gasteiger charge is -2.01. The lowest BCUT2D eigenvalue weighted by molar-refractivity contribution is -0.130. The van der Waals surface area contributed by atoms with Gasteiger partial charge in [0.25, 0.3) is 0 Å². The maximum atomic E-state index is 11.7. The summed E-state index contributed by atoms with van der Waals surface area (Å²) in [7, 11) is 0. The highest BCUT2D eigenvalue weighted by molar-refractivity contribution is 5.70. The summed E-state index contributed by atoms with van der Waals surface area (Å²) in [6.07, 6.45) is -5.07. The maximum Gasteiger partial charge on any atom is 0.396 e. The molecule has 0 aromatic carbocycles. The summed E-state index contributed by atoms with van der Waals surface area (Å²) in [5, 5.41) is 0. The van der Waals surface area contributed by atoms with Crippen LogP contribution >= 0.6 is 0 Å². The van der Waals surface area contributed by atoms with Crippen molar-refractivity contribution in [2.24, 2.45) is 0 Å². The predicted molar refractivity (Wildman–Crippen MR) is 33.9 cm³/mol. The minimum Gasteiger partial charge on any atom is -0.458 e. The quantitative estimate of drug-likeness (QED) is 0.650. The number of aldehydes is 1.